The van der Waals surface area contributed by atoms with Gasteiger partial charge in [0.2, 0.25) is 0 Å². The Morgan fingerprint density at radius 2 is 0.704 bits per heavy atom. The zero-order valence-electron chi connectivity index (χ0n) is 33.9. The molecule has 0 saturated heterocycles. The highest BCUT2D eigenvalue weighted by Crippen LogP contribution is 2.51. The molecule has 2 heteroatoms. The lowest BCUT2D eigenvalue weighted by Crippen LogP contribution is -2.15. The molecule has 0 N–H and O–H groups in total. The van der Waals surface area contributed by atoms with Crippen molar-refractivity contribution < 1.29 is 0 Å². The van der Waals surface area contributed by atoms with Crippen LogP contribution in [0.25, 0.3) is 32.3 Å². The zero-order chi connectivity index (χ0) is 38.2. The Kier molecular flexibility index (Phi) is 8.57. The van der Waals surface area contributed by atoms with E-state index in [2.05, 4.69) is 201 Å². The normalized spacial score (nSPS) is 12.0. The van der Waals surface area contributed by atoms with Gasteiger partial charge in [0.05, 0.1) is 11.4 Å². The lowest BCUT2D eigenvalue weighted by atomic mass is 9.82. The van der Waals surface area contributed by atoms with Crippen LogP contribution in [0.15, 0.2) is 115 Å². The van der Waals surface area contributed by atoms with E-state index < -0.39 is 0 Å². The van der Waals surface area contributed by atoms with Gasteiger partial charge >= 0.3 is 0 Å². The third-order valence-corrected chi connectivity index (χ3v) is 11.4. The fraction of sp³-hybridized carbons (Fsp3) is 0.231. The summed E-state index contributed by atoms with van der Waals surface area (Å²) in [5, 5.41) is 7.67. The van der Waals surface area contributed by atoms with E-state index in [1.165, 1.54) is 117 Å². The number of anilines is 6. The van der Waals surface area contributed by atoms with E-state index in [0.29, 0.717) is 0 Å². The van der Waals surface area contributed by atoms with Crippen molar-refractivity contribution in [1.29, 1.82) is 0 Å². The highest BCUT2D eigenvalue weighted by Gasteiger charge is 2.26. The van der Waals surface area contributed by atoms with E-state index in [4.69, 9.17) is 0 Å². The van der Waals surface area contributed by atoms with Crippen LogP contribution in [0.4, 0.5) is 34.1 Å². The van der Waals surface area contributed by atoms with Crippen LogP contribution in [0.1, 0.15) is 70.8 Å². The minimum atomic E-state index is -0.000708. The molecule has 0 aliphatic carbocycles. The molecule has 8 rings (SSSR count). The van der Waals surface area contributed by atoms with Crippen molar-refractivity contribution in [3.63, 3.8) is 0 Å². The largest absolute Gasteiger partial charge is 0.309 e. The van der Waals surface area contributed by atoms with E-state index in [9.17, 15) is 0 Å². The second-order valence-electron chi connectivity index (χ2n) is 16.9. The van der Waals surface area contributed by atoms with Crippen LogP contribution in [0.3, 0.4) is 0 Å². The highest BCUT2D eigenvalue weighted by atomic mass is 15.2. The fourth-order valence-electron chi connectivity index (χ4n) is 8.70. The minimum Gasteiger partial charge on any atom is -0.309 e. The second kappa shape index (κ2) is 13.1. The Hall–Kier alpha value is -5.60. The van der Waals surface area contributed by atoms with Crippen LogP contribution in [-0.4, -0.2) is 0 Å². The molecule has 0 atom stereocenters. The number of nitrogens with zero attached hydrogens (tertiary/aromatic N) is 2. The molecule has 0 fully saturated rings. The molecular weight excluding hydrogens is 653 g/mol. The first-order valence-electron chi connectivity index (χ1n) is 19.3. The summed E-state index contributed by atoms with van der Waals surface area (Å²) in [6.45, 7) is 24.7. The quantitative estimate of drug-likeness (QED) is 0.159. The molecule has 0 aliphatic heterocycles. The highest BCUT2D eigenvalue weighted by molar-refractivity contribution is 6.29. The van der Waals surface area contributed by atoms with Gasteiger partial charge in [-0.2, -0.15) is 0 Å². The van der Waals surface area contributed by atoms with Gasteiger partial charge in [-0.1, -0.05) is 122 Å². The summed E-state index contributed by atoms with van der Waals surface area (Å²) in [7, 11) is 0. The summed E-state index contributed by atoms with van der Waals surface area (Å²) in [5.74, 6) is 0. The number of rotatable bonds is 6. The maximum Gasteiger partial charge on any atom is 0.0546 e. The Morgan fingerprint density at radius 3 is 1.13 bits per heavy atom. The maximum absolute atomic E-state index is 2.52. The smallest absolute Gasteiger partial charge is 0.0546 e. The molecule has 54 heavy (non-hydrogen) atoms. The standard InChI is InChI=1S/C52H52N2/c1-31-12-19-44(35(5)24-31)53(45-20-13-32(2)25-36(45)6)48-23-18-43-49(30-40-29-41(52(9,10)11)28-39-16-17-42(48)51(43)50(39)40)54(46-21-14-33(3)26-37(46)7)47-22-15-34(4)27-38(47)8/h12-30H,1-11H3. The van der Waals surface area contributed by atoms with Crippen molar-refractivity contribution in [2.24, 2.45) is 0 Å². The van der Waals surface area contributed by atoms with E-state index >= 15 is 0 Å². The fourth-order valence-corrected chi connectivity index (χ4v) is 8.70. The third-order valence-electron chi connectivity index (χ3n) is 11.4. The molecule has 0 aromatic heterocycles. The molecule has 0 heterocycles. The molecule has 0 saturated carbocycles. The SMILES string of the molecule is Cc1ccc(N(c2ccc(C)cc2C)c2ccc3c(N(c4ccc(C)cc4C)c4ccc(C)cc4C)cc4cc(C(C)(C)C)cc5ccc2c3c54)c(C)c1. The average molecular weight is 705 g/mol. The Bertz CT molecular complexity index is 2630. The van der Waals surface area contributed by atoms with Crippen molar-refractivity contribution in [2.75, 3.05) is 9.80 Å². The monoisotopic (exact) mass is 704 g/mol. The van der Waals surface area contributed by atoms with Gasteiger partial charge < -0.3 is 9.80 Å². The topological polar surface area (TPSA) is 6.48 Å². The van der Waals surface area contributed by atoms with Gasteiger partial charge in [0.1, 0.15) is 0 Å². The lowest BCUT2D eigenvalue weighted by Gasteiger charge is -2.33. The number of benzene rings is 8. The summed E-state index contributed by atoms with van der Waals surface area (Å²) >= 11 is 0. The third kappa shape index (κ3) is 5.99. The summed E-state index contributed by atoms with van der Waals surface area (Å²) in [4.78, 5) is 5.03. The number of hydrogen-bond donors (Lipinski definition) is 0. The van der Waals surface area contributed by atoms with Crippen LogP contribution in [-0.2, 0) is 5.41 Å². The lowest BCUT2D eigenvalue weighted by molar-refractivity contribution is 0.591. The Morgan fingerprint density at radius 1 is 0.333 bits per heavy atom. The Labute approximate surface area is 322 Å². The van der Waals surface area contributed by atoms with E-state index in [1.807, 2.05) is 0 Å². The van der Waals surface area contributed by atoms with Crippen LogP contribution in [0.5, 0.6) is 0 Å². The summed E-state index contributed by atoms with van der Waals surface area (Å²) in [5.41, 5.74) is 18.6. The maximum atomic E-state index is 2.52. The molecule has 270 valence electrons. The minimum absolute atomic E-state index is 0.000708. The van der Waals surface area contributed by atoms with Crippen LogP contribution in [0.2, 0.25) is 0 Å². The van der Waals surface area contributed by atoms with Gasteiger partial charge in [0.25, 0.3) is 0 Å². The predicted molar refractivity (Wildman–Crippen MR) is 236 cm³/mol. The Balaban J connectivity index is 1.53. The zero-order valence-corrected chi connectivity index (χ0v) is 33.9. The molecular formula is C52H52N2. The van der Waals surface area contributed by atoms with Crippen LogP contribution in [0, 0.1) is 55.4 Å². The molecule has 0 spiro atoms. The van der Waals surface area contributed by atoms with Crippen molar-refractivity contribution >= 4 is 66.4 Å². The van der Waals surface area contributed by atoms with Crippen molar-refractivity contribution in [2.45, 2.75) is 81.6 Å². The first-order valence-corrected chi connectivity index (χ1v) is 19.3. The average Bonchev–Trinajstić information content (AvgIpc) is 3.10. The van der Waals surface area contributed by atoms with Crippen molar-refractivity contribution in [3.05, 3.63) is 165 Å². The summed E-state index contributed by atoms with van der Waals surface area (Å²) in [6.07, 6.45) is 0. The van der Waals surface area contributed by atoms with Gasteiger partial charge in [-0.05, 0) is 141 Å². The van der Waals surface area contributed by atoms with Crippen LogP contribution < -0.4 is 9.80 Å². The molecule has 0 unspecified atom stereocenters. The molecule has 0 aliphatic rings. The van der Waals surface area contributed by atoms with Gasteiger partial charge in [-0.15, -0.1) is 0 Å². The molecule has 0 radical (unpaired) electrons. The molecule has 2 nitrogen and oxygen atoms in total. The van der Waals surface area contributed by atoms with E-state index in [1.54, 1.807) is 0 Å². The first-order chi connectivity index (χ1) is 25.7. The number of hydrogen-bond acceptors (Lipinski definition) is 2. The molecule has 0 amide bonds. The molecule has 0 bridgehead atoms. The summed E-state index contributed by atoms with van der Waals surface area (Å²) < 4.78 is 0. The van der Waals surface area contributed by atoms with E-state index in [0.717, 1.165) is 0 Å². The molecule has 8 aromatic carbocycles. The van der Waals surface area contributed by atoms with Crippen molar-refractivity contribution in [3.8, 4) is 0 Å². The second-order valence-corrected chi connectivity index (χ2v) is 16.9. The first kappa shape index (κ1) is 35.4. The predicted octanol–water partition coefficient (Wildman–Crippen LogP) is 15.3. The van der Waals surface area contributed by atoms with E-state index in [-0.39, 0.29) is 5.41 Å². The van der Waals surface area contributed by atoms with Gasteiger partial charge in [0, 0.05) is 38.9 Å². The summed E-state index contributed by atoms with van der Waals surface area (Å²) in [6, 6.07) is 44.3. The van der Waals surface area contributed by atoms with Crippen molar-refractivity contribution in [1.82, 2.24) is 0 Å². The molecule has 8 aromatic rings. The van der Waals surface area contributed by atoms with Gasteiger partial charge in [0.15, 0.2) is 0 Å². The number of aryl methyl sites for hydroxylation is 8. The van der Waals surface area contributed by atoms with Crippen LogP contribution >= 0.6 is 0 Å². The van der Waals surface area contributed by atoms with Gasteiger partial charge in [-0.3, -0.25) is 0 Å². The van der Waals surface area contributed by atoms with Gasteiger partial charge in [-0.25, -0.2) is 0 Å².